The summed E-state index contributed by atoms with van der Waals surface area (Å²) in [5, 5.41) is 0.764. The summed E-state index contributed by atoms with van der Waals surface area (Å²) in [7, 11) is 0. The van der Waals surface area contributed by atoms with Gasteiger partial charge in [0.1, 0.15) is 5.75 Å². The lowest BCUT2D eigenvalue weighted by atomic mass is 10.3. The third-order valence-corrected chi connectivity index (χ3v) is 1.60. The maximum Gasteiger partial charge on any atom is 0.389 e. The molecule has 0 spiro atoms. The van der Waals surface area contributed by atoms with Gasteiger partial charge in [0.25, 0.3) is 0 Å². The van der Waals surface area contributed by atoms with Gasteiger partial charge in [-0.2, -0.15) is 0 Å². The molecule has 0 amide bonds. The molecule has 0 saturated heterocycles. The first kappa shape index (κ1) is 9.91. The van der Waals surface area contributed by atoms with E-state index in [1.807, 2.05) is 0 Å². The Morgan fingerprint density at radius 3 is 2.31 bits per heavy atom. The highest BCUT2D eigenvalue weighted by Crippen LogP contribution is 2.24. The van der Waals surface area contributed by atoms with E-state index >= 15 is 0 Å². The first-order chi connectivity index (χ1) is 6.11. The van der Waals surface area contributed by atoms with Gasteiger partial charge in [-0.15, -0.1) is 6.42 Å². The summed E-state index contributed by atoms with van der Waals surface area (Å²) < 4.78 is 4.68. The van der Waals surface area contributed by atoms with Gasteiger partial charge in [-0.05, 0) is 18.2 Å². The number of carbonyl (C=O) groups excluding carboxylic acids is 1. The number of esters is 1. The van der Waals surface area contributed by atoms with Gasteiger partial charge in [0.15, 0.2) is 0 Å². The lowest BCUT2D eigenvalue weighted by Gasteiger charge is -2.00. The van der Waals surface area contributed by atoms with E-state index in [1.165, 1.54) is 18.2 Å². The molecular weight excluding hydrogens is 211 g/mol. The molecule has 0 radical (unpaired) electrons. The molecule has 0 atom stereocenters. The van der Waals surface area contributed by atoms with Crippen LogP contribution in [-0.2, 0) is 4.79 Å². The Morgan fingerprint density at radius 2 is 1.85 bits per heavy atom. The van der Waals surface area contributed by atoms with E-state index in [0.29, 0.717) is 10.0 Å². The fraction of sp³-hybridized carbons (Fsp3) is 0. The second kappa shape index (κ2) is 4.18. The zero-order valence-corrected chi connectivity index (χ0v) is 7.89. The number of ether oxygens (including phenoxy) is 1. The smallest absolute Gasteiger partial charge is 0.389 e. The molecule has 1 aromatic carbocycles. The average molecular weight is 215 g/mol. The minimum atomic E-state index is -0.779. The van der Waals surface area contributed by atoms with Crippen molar-refractivity contribution in [1.29, 1.82) is 0 Å². The molecule has 0 fully saturated rings. The molecule has 0 aromatic heterocycles. The lowest BCUT2D eigenvalue weighted by molar-refractivity contribution is -0.128. The number of hydrogen-bond donors (Lipinski definition) is 0. The molecule has 0 N–H and O–H groups in total. The van der Waals surface area contributed by atoms with E-state index in [-0.39, 0.29) is 5.75 Å². The van der Waals surface area contributed by atoms with Crippen LogP contribution in [0, 0.1) is 12.3 Å². The standard InChI is InChI=1S/C9H4Cl2O2/c1-2-9(12)13-8-4-6(10)3-7(11)5-8/h1,3-5H. The van der Waals surface area contributed by atoms with Gasteiger partial charge in [-0.1, -0.05) is 23.2 Å². The molecule has 2 nitrogen and oxygen atoms in total. The van der Waals surface area contributed by atoms with E-state index in [1.54, 1.807) is 5.92 Å². The first-order valence-corrected chi connectivity index (χ1v) is 4.02. The molecule has 4 heteroatoms. The Labute approximate surface area is 85.4 Å². The van der Waals surface area contributed by atoms with Crippen LogP contribution in [-0.4, -0.2) is 5.97 Å². The molecule has 13 heavy (non-hydrogen) atoms. The highest BCUT2D eigenvalue weighted by atomic mass is 35.5. The van der Waals surface area contributed by atoms with Crippen molar-refractivity contribution in [2.45, 2.75) is 0 Å². The molecule has 1 aromatic rings. The molecule has 0 saturated carbocycles. The van der Waals surface area contributed by atoms with Crippen molar-refractivity contribution in [3.05, 3.63) is 28.2 Å². The molecule has 0 aliphatic heterocycles. The van der Waals surface area contributed by atoms with Crippen molar-refractivity contribution in [3.8, 4) is 18.1 Å². The van der Waals surface area contributed by atoms with Crippen LogP contribution < -0.4 is 4.74 Å². The van der Waals surface area contributed by atoms with E-state index < -0.39 is 5.97 Å². The Balaban J connectivity index is 2.91. The number of terminal acetylenes is 1. The van der Waals surface area contributed by atoms with Gasteiger partial charge >= 0.3 is 5.97 Å². The Hall–Kier alpha value is -1.17. The summed E-state index contributed by atoms with van der Waals surface area (Å²) in [4.78, 5) is 10.7. The van der Waals surface area contributed by atoms with Crippen LogP contribution >= 0.6 is 23.2 Å². The summed E-state index contributed by atoms with van der Waals surface area (Å²) in [6.45, 7) is 0. The average Bonchev–Trinajstić information content (AvgIpc) is 2.02. The monoisotopic (exact) mass is 214 g/mol. The number of rotatable bonds is 1. The van der Waals surface area contributed by atoms with Crippen molar-refractivity contribution in [3.63, 3.8) is 0 Å². The van der Waals surface area contributed by atoms with Crippen molar-refractivity contribution < 1.29 is 9.53 Å². The summed E-state index contributed by atoms with van der Waals surface area (Å²) in [6, 6.07) is 4.42. The fourth-order valence-corrected chi connectivity index (χ4v) is 1.23. The topological polar surface area (TPSA) is 26.3 Å². The fourth-order valence-electron chi connectivity index (χ4n) is 0.724. The van der Waals surface area contributed by atoms with Crippen molar-refractivity contribution >= 4 is 29.2 Å². The van der Waals surface area contributed by atoms with Crippen LogP contribution in [0.3, 0.4) is 0 Å². The van der Waals surface area contributed by atoms with E-state index in [2.05, 4.69) is 4.74 Å². The second-order valence-electron chi connectivity index (χ2n) is 2.14. The Kier molecular flexibility index (Phi) is 3.18. The summed E-state index contributed by atoms with van der Waals surface area (Å²) >= 11 is 11.3. The minimum Gasteiger partial charge on any atom is -0.417 e. The van der Waals surface area contributed by atoms with Crippen LogP contribution in [0.2, 0.25) is 10.0 Å². The van der Waals surface area contributed by atoms with Gasteiger partial charge < -0.3 is 4.74 Å². The summed E-state index contributed by atoms with van der Waals surface area (Å²) in [5.41, 5.74) is 0. The molecule has 0 aliphatic rings. The van der Waals surface area contributed by atoms with Gasteiger partial charge in [0.2, 0.25) is 0 Å². The largest absolute Gasteiger partial charge is 0.417 e. The molecule has 0 aliphatic carbocycles. The molecular formula is C9H4Cl2O2. The van der Waals surface area contributed by atoms with Gasteiger partial charge in [0, 0.05) is 16.0 Å². The van der Waals surface area contributed by atoms with Crippen LogP contribution in [0.25, 0.3) is 0 Å². The van der Waals surface area contributed by atoms with Crippen LogP contribution in [0.1, 0.15) is 0 Å². The van der Waals surface area contributed by atoms with Crippen molar-refractivity contribution in [2.24, 2.45) is 0 Å². The number of carbonyl (C=O) groups is 1. The lowest BCUT2D eigenvalue weighted by Crippen LogP contribution is -2.03. The SMILES string of the molecule is C#CC(=O)Oc1cc(Cl)cc(Cl)c1. The second-order valence-corrected chi connectivity index (χ2v) is 3.01. The van der Waals surface area contributed by atoms with E-state index in [4.69, 9.17) is 29.6 Å². The van der Waals surface area contributed by atoms with Gasteiger partial charge in [0.05, 0.1) is 0 Å². The molecule has 0 bridgehead atoms. The predicted octanol–water partition coefficient (Wildman–Crippen LogP) is 2.53. The minimum absolute atomic E-state index is 0.237. The van der Waals surface area contributed by atoms with E-state index in [9.17, 15) is 4.79 Å². The first-order valence-electron chi connectivity index (χ1n) is 3.26. The third-order valence-electron chi connectivity index (χ3n) is 1.16. The van der Waals surface area contributed by atoms with Crippen LogP contribution in [0.4, 0.5) is 0 Å². The van der Waals surface area contributed by atoms with Crippen LogP contribution in [0.15, 0.2) is 18.2 Å². The Bertz CT molecular complexity index is 359. The normalized spacial score (nSPS) is 9.00. The zero-order valence-electron chi connectivity index (χ0n) is 6.38. The zero-order chi connectivity index (χ0) is 9.84. The number of benzene rings is 1. The van der Waals surface area contributed by atoms with Crippen LogP contribution in [0.5, 0.6) is 5.75 Å². The van der Waals surface area contributed by atoms with Gasteiger partial charge in [-0.25, -0.2) is 4.79 Å². The van der Waals surface area contributed by atoms with Gasteiger partial charge in [-0.3, -0.25) is 0 Å². The summed E-state index contributed by atoms with van der Waals surface area (Å²) in [5.74, 6) is 1.26. The maximum atomic E-state index is 10.7. The number of halogens is 2. The van der Waals surface area contributed by atoms with E-state index in [0.717, 1.165) is 0 Å². The maximum absolute atomic E-state index is 10.7. The summed E-state index contributed by atoms with van der Waals surface area (Å²) in [6.07, 6.45) is 4.81. The van der Waals surface area contributed by atoms with Crippen molar-refractivity contribution in [1.82, 2.24) is 0 Å². The third kappa shape index (κ3) is 2.98. The predicted molar refractivity (Wildman–Crippen MR) is 50.9 cm³/mol. The molecule has 0 unspecified atom stereocenters. The highest BCUT2D eigenvalue weighted by Gasteiger charge is 2.02. The molecule has 0 heterocycles. The highest BCUT2D eigenvalue weighted by molar-refractivity contribution is 6.34. The number of hydrogen-bond acceptors (Lipinski definition) is 2. The quantitative estimate of drug-likeness (QED) is 0.311. The Morgan fingerprint density at radius 1 is 1.31 bits per heavy atom. The molecule has 1 rings (SSSR count). The van der Waals surface area contributed by atoms with Crippen molar-refractivity contribution in [2.75, 3.05) is 0 Å². The molecule has 66 valence electrons.